The van der Waals surface area contributed by atoms with E-state index in [9.17, 15) is 18.8 Å². The minimum Gasteiger partial charge on any atom is -0.497 e. The molecule has 7 nitrogen and oxygen atoms in total. The van der Waals surface area contributed by atoms with Crippen LogP contribution in [-0.4, -0.2) is 60.4 Å². The average molecular weight is 383 g/mol. The van der Waals surface area contributed by atoms with Crippen LogP contribution in [0, 0.1) is 5.82 Å². The molecule has 4 rings (SSSR count). The van der Waals surface area contributed by atoms with Crippen molar-refractivity contribution in [3.05, 3.63) is 59.9 Å². The summed E-state index contributed by atoms with van der Waals surface area (Å²) in [7, 11) is 1.51. The summed E-state index contributed by atoms with van der Waals surface area (Å²) in [5.41, 5.74) is 0.640. The van der Waals surface area contributed by atoms with Gasteiger partial charge in [0.1, 0.15) is 17.6 Å². The zero-order valence-electron chi connectivity index (χ0n) is 15.2. The van der Waals surface area contributed by atoms with Crippen LogP contribution in [0.3, 0.4) is 0 Å². The number of carbonyl (C=O) groups is 3. The standard InChI is InChI=1S/C20H18FN3O4/c1-28-16-7-3-6-15(11-16)24-19(26)17-12-22(8-9-23(17)20(24)27)18(25)13-4-2-5-14(21)10-13/h2-7,10-11,17H,8-9,12H2,1H3/t17-/m1/s1. The monoisotopic (exact) mass is 383 g/mol. The van der Waals surface area contributed by atoms with E-state index in [1.807, 2.05) is 0 Å². The molecule has 8 heteroatoms. The molecule has 2 heterocycles. The minimum atomic E-state index is -0.759. The molecule has 4 amide bonds. The molecule has 2 fully saturated rings. The normalized spacial score (nSPS) is 19.1. The van der Waals surface area contributed by atoms with Gasteiger partial charge in [0, 0.05) is 24.7 Å². The van der Waals surface area contributed by atoms with Gasteiger partial charge < -0.3 is 14.5 Å². The highest BCUT2D eigenvalue weighted by Crippen LogP contribution is 2.30. The van der Waals surface area contributed by atoms with Crippen LogP contribution in [0.2, 0.25) is 0 Å². The Morgan fingerprint density at radius 2 is 1.89 bits per heavy atom. The van der Waals surface area contributed by atoms with Crippen molar-refractivity contribution in [2.75, 3.05) is 31.6 Å². The molecule has 2 aromatic rings. The number of anilines is 1. The Kier molecular flexibility index (Phi) is 4.46. The van der Waals surface area contributed by atoms with Crippen molar-refractivity contribution in [1.29, 1.82) is 0 Å². The minimum absolute atomic E-state index is 0.0698. The van der Waals surface area contributed by atoms with Gasteiger partial charge in [-0.25, -0.2) is 14.1 Å². The molecule has 0 N–H and O–H groups in total. The molecule has 2 aliphatic heterocycles. The first-order chi connectivity index (χ1) is 13.5. The largest absolute Gasteiger partial charge is 0.497 e. The summed E-state index contributed by atoms with van der Waals surface area (Å²) < 4.78 is 18.6. The maximum absolute atomic E-state index is 13.4. The summed E-state index contributed by atoms with van der Waals surface area (Å²) >= 11 is 0. The van der Waals surface area contributed by atoms with E-state index in [-0.39, 0.29) is 31.1 Å². The molecule has 0 aromatic heterocycles. The Balaban J connectivity index is 1.56. The molecule has 0 aliphatic carbocycles. The number of nitrogens with zero attached hydrogens (tertiary/aromatic N) is 3. The number of urea groups is 1. The van der Waals surface area contributed by atoms with Crippen molar-refractivity contribution in [2.24, 2.45) is 0 Å². The third-order valence-corrected chi connectivity index (χ3v) is 4.99. The number of rotatable bonds is 3. The third kappa shape index (κ3) is 2.96. The summed E-state index contributed by atoms with van der Waals surface area (Å²) in [6, 6.07) is 10.9. The number of amides is 4. The van der Waals surface area contributed by atoms with Crippen LogP contribution in [0.15, 0.2) is 48.5 Å². The highest BCUT2D eigenvalue weighted by molar-refractivity contribution is 6.21. The molecule has 1 atom stereocenters. The van der Waals surface area contributed by atoms with E-state index in [2.05, 4.69) is 0 Å². The molecular weight excluding hydrogens is 365 g/mol. The van der Waals surface area contributed by atoms with Gasteiger partial charge in [-0.2, -0.15) is 0 Å². The second kappa shape index (κ2) is 6.95. The highest BCUT2D eigenvalue weighted by Gasteiger charge is 2.49. The maximum Gasteiger partial charge on any atom is 0.332 e. The lowest BCUT2D eigenvalue weighted by molar-refractivity contribution is -0.120. The van der Waals surface area contributed by atoms with Crippen LogP contribution in [0.4, 0.5) is 14.9 Å². The fraction of sp³-hybridized carbons (Fsp3) is 0.250. The second-order valence-electron chi connectivity index (χ2n) is 6.63. The van der Waals surface area contributed by atoms with Crippen LogP contribution in [0.1, 0.15) is 10.4 Å². The van der Waals surface area contributed by atoms with Gasteiger partial charge in [0.2, 0.25) is 0 Å². The molecule has 2 saturated heterocycles. The zero-order chi connectivity index (χ0) is 19.8. The fourth-order valence-electron chi connectivity index (χ4n) is 3.57. The molecule has 2 aliphatic rings. The van der Waals surface area contributed by atoms with Crippen LogP contribution in [0.25, 0.3) is 0 Å². The smallest absolute Gasteiger partial charge is 0.332 e. The summed E-state index contributed by atoms with van der Waals surface area (Å²) in [6.07, 6.45) is 0. The number of imide groups is 1. The topological polar surface area (TPSA) is 70.2 Å². The van der Waals surface area contributed by atoms with Gasteiger partial charge in [0.15, 0.2) is 0 Å². The summed E-state index contributed by atoms with van der Waals surface area (Å²) in [5.74, 6) is -0.721. The first kappa shape index (κ1) is 18.0. The van der Waals surface area contributed by atoms with E-state index in [4.69, 9.17) is 4.74 Å². The van der Waals surface area contributed by atoms with E-state index < -0.39 is 23.8 Å². The first-order valence-electron chi connectivity index (χ1n) is 8.83. The predicted octanol–water partition coefficient (Wildman–Crippen LogP) is 2.13. The molecular formula is C20H18FN3O4. The molecule has 0 unspecified atom stereocenters. The average Bonchev–Trinajstić information content (AvgIpc) is 2.97. The number of benzene rings is 2. The number of ether oxygens (including phenoxy) is 1. The predicted molar refractivity (Wildman–Crippen MR) is 98.7 cm³/mol. The molecule has 2 aromatic carbocycles. The zero-order valence-corrected chi connectivity index (χ0v) is 15.2. The summed E-state index contributed by atoms with van der Waals surface area (Å²) in [6.45, 7) is 0.577. The number of carbonyl (C=O) groups excluding carboxylic acids is 3. The Morgan fingerprint density at radius 3 is 2.64 bits per heavy atom. The van der Waals surface area contributed by atoms with Crippen molar-refractivity contribution >= 4 is 23.5 Å². The number of piperazine rings is 1. The van der Waals surface area contributed by atoms with Gasteiger partial charge in [-0.3, -0.25) is 9.59 Å². The van der Waals surface area contributed by atoms with E-state index in [0.717, 1.165) is 4.90 Å². The van der Waals surface area contributed by atoms with E-state index in [0.29, 0.717) is 11.4 Å². The van der Waals surface area contributed by atoms with Crippen molar-refractivity contribution in [2.45, 2.75) is 6.04 Å². The van der Waals surface area contributed by atoms with Gasteiger partial charge in [-0.05, 0) is 30.3 Å². The maximum atomic E-state index is 13.4. The highest BCUT2D eigenvalue weighted by atomic mass is 19.1. The Labute approximate surface area is 160 Å². The molecule has 144 valence electrons. The van der Waals surface area contributed by atoms with Crippen molar-refractivity contribution in [3.8, 4) is 5.75 Å². The summed E-state index contributed by atoms with van der Waals surface area (Å²) in [4.78, 5) is 42.5. The Hall–Kier alpha value is -3.42. The quantitative estimate of drug-likeness (QED) is 0.762. The van der Waals surface area contributed by atoms with E-state index in [1.54, 1.807) is 24.3 Å². The van der Waals surface area contributed by atoms with E-state index >= 15 is 0 Å². The van der Waals surface area contributed by atoms with E-state index in [1.165, 1.54) is 41.2 Å². The second-order valence-corrected chi connectivity index (χ2v) is 6.63. The first-order valence-corrected chi connectivity index (χ1v) is 8.83. The number of hydrogen-bond donors (Lipinski definition) is 0. The Morgan fingerprint density at radius 1 is 1.11 bits per heavy atom. The molecule has 0 bridgehead atoms. The molecule has 0 saturated carbocycles. The third-order valence-electron chi connectivity index (χ3n) is 4.99. The lowest BCUT2D eigenvalue weighted by atomic mass is 10.1. The van der Waals surface area contributed by atoms with Crippen molar-refractivity contribution in [3.63, 3.8) is 0 Å². The van der Waals surface area contributed by atoms with Crippen LogP contribution < -0.4 is 9.64 Å². The van der Waals surface area contributed by atoms with Crippen molar-refractivity contribution < 1.29 is 23.5 Å². The van der Waals surface area contributed by atoms with Crippen LogP contribution in [-0.2, 0) is 4.79 Å². The summed E-state index contributed by atoms with van der Waals surface area (Å²) in [5, 5.41) is 0. The van der Waals surface area contributed by atoms with Crippen LogP contribution >= 0.6 is 0 Å². The van der Waals surface area contributed by atoms with Gasteiger partial charge in [0.25, 0.3) is 11.8 Å². The number of methoxy groups -OCH3 is 1. The lowest BCUT2D eigenvalue weighted by Gasteiger charge is -2.35. The fourth-order valence-corrected chi connectivity index (χ4v) is 3.57. The number of fused-ring (bicyclic) bond motifs is 1. The van der Waals surface area contributed by atoms with Gasteiger partial charge in [0.05, 0.1) is 19.3 Å². The van der Waals surface area contributed by atoms with Crippen LogP contribution in [0.5, 0.6) is 5.75 Å². The lowest BCUT2D eigenvalue weighted by Crippen LogP contribution is -2.54. The van der Waals surface area contributed by atoms with Crippen molar-refractivity contribution in [1.82, 2.24) is 9.80 Å². The van der Waals surface area contributed by atoms with Gasteiger partial charge >= 0.3 is 6.03 Å². The molecule has 0 radical (unpaired) electrons. The van der Waals surface area contributed by atoms with Gasteiger partial charge in [-0.1, -0.05) is 12.1 Å². The number of halogens is 1. The Bertz CT molecular complexity index is 964. The SMILES string of the molecule is COc1cccc(N2C(=O)[C@H]3CN(C(=O)c4cccc(F)c4)CCN3C2=O)c1. The molecule has 28 heavy (non-hydrogen) atoms. The van der Waals surface area contributed by atoms with Gasteiger partial charge in [-0.15, -0.1) is 0 Å². The number of hydrogen-bond acceptors (Lipinski definition) is 4. The molecule has 0 spiro atoms.